The average Bonchev–Trinajstić information content (AvgIpc) is 3.09. The zero-order valence-electron chi connectivity index (χ0n) is 15.2. The second kappa shape index (κ2) is 6.79. The normalized spacial score (nSPS) is 12.4. The fraction of sp³-hybridized carbons (Fsp3) is 0.238. The third-order valence-corrected chi connectivity index (χ3v) is 4.67. The number of hydrogen-bond donors (Lipinski definition) is 2. The van der Waals surface area contributed by atoms with Crippen molar-refractivity contribution in [1.29, 1.82) is 0 Å². The van der Waals surface area contributed by atoms with E-state index in [1.54, 1.807) is 6.07 Å². The van der Waals surface area contributed by atoms with Crippen LogP contribution in [-0.4, -0.2) is 24.2 Å². The molecule has 2 aromatic carbocycles. The fourth-order valence-corrected chi connectivity index (χ4v) is 3.37. The van der Waals surface area contributed by atoms with Gasteiger partial charge in [-0.1, -0.05) is 17.7 Å². The van der Waals surface area contributed by atoms with Crippen LogP contribution in [0.1, 0.15) is 27.0 Å². The molecule has 0 bridgehead atoms. The maximum Gasteiger partial charge on any atom is 0.261 e. The number of hydrogen-bond acceptors (Lipinski definition) is 4. The standard InChI is InChI=1S/C21H20N2O4/c1-12-7-13(2)19-15(8-12)10-16(21(25)23-19)20(24)22-6-5-14-3-4-17-18(9-14)27-11-26-17/h3-4,7-10H,5-6,11H2,1-2H3,(H,22,24)(H,23,25). The topological polar surface area (TPSA) is 80.4 Å². The van der Waals surface area contributed by atoms with E-state index in [0.29, 0.717) is 13.0 Å². The number of pyridine rings is 1. The van der Waals surface area contributed by atoms with E-state index in [1.807, 2.05) is 44.2 Å². The molecule has 0 spiro atoms. The molecule has 6 nitrogen and oxygen atoms in total. The van der Waals surface area contributed by atoms with Crippen molar-refractivity contribution >= 4 is 16.8 Å². The van der Waals surface area contributed by atoms with Crippen LogP contribution in [0.3, 0.4) is 0 Å². The summed E-state index contributed by atoms with van der Waals surface area (Å²) in [5.74, 6) is 1.07. The van der Waals surface area contributed by atoms with Crippen molar-refractivity contribution in [2.75, 3.05) is 13.3 Å². The van der Waals surface area contributed by atoms with Crippen molar-refractivity contribution < 1.29 is 14.3 Å². The molecule has 4 rings (SSSR count). The highest BCUT2D eigenvalue weighted by Crippen LogP contribution is 2.32. The van der Waals surface area contributed by atoms with Crippen LogP contribution in [0.4, 0.5) is 0 Å². The lowest BCUT2D eigenvalue weighted by molar-refractivity contribution is 0.0953. The first kappa shape index (κ1) is 17.1. The first-order valence-electron chi connectivity index (χ1n) is 8.82. The number of rotatable bonds is 4. The summed E-state index contributed by atoms with van der Waals surface area (Å²) < 4.78 is 10.6. The average molecular weight is 364 g/mol. The van der Waals surface area contributed by atoms with E-state index in [2.05, 4.69) is 10.3 Å². The van der Waals surface area contributed by atoms with Crippen molar-refractivity contribution in [3.05, 3.63) is 69.0 Å². The zero-order valence-corrected chi connectivity index (χ0v) is 15.2. The first-order valence-corrected chi connectivity index (χ1v) is 8.82. The van der Waals surface area contributed by atoms with E-state index in [-0.39, 0.29) is 23.8 Å². The van der Waals surface area contributed by atoms with Crippen molar-refractivity contribution in [3.63, 3.8) is 0 Å². The summed E-state index contributed by atoms with van der Waals surface area (Å²) in [6.07, 6.45) is 0.631. The fourth-order valence-electron chi connectivity index (χ4n) is 3.37. The first-order chi connectivity index (χ1) is 13.0. The number of carbonyl (C=O) groups is 1. The monoisotopic (exact) mass is 364 g/mol. The third-order valence-electron chi connectivity index (χ3n) is 4.67. The predicted octanol–water partition coefficient (Wildman–Crippen LogP) is 2.85. The predicted molar refractivity (Wildman–Crippen MR) is 103 cm³/mol. The summed E-state index contributed by atoms with van der Waals surface area (Å²) in [7, 11) is 0. The highest BCUT2D eigenvalue weighted by Gasteiger charge is 2.15. The number of carbonyl (C=O) groups excluding carboxylic acids is 1. The lowest BCUT2D eigenvalue weighted by Crippen LogP contribution is -2.31. The zero-order chi connectivity index (χ0) is 19.0. The van der Waals surface area contributed by atoms with E-state index >= 15 is 0 Å². The highest BCUT2D eigenvalue weighted by atomic mass is 16.7. The summed E-state index contributed by atoms with van der Waals surface area (Å²) in [5.41, 5.74) is 3.60. The molecular weight excluding hydrogens is 344 g/mol. The number of amides is 1. The summed E-state index contributed by atoms with van der Waals surface area (Å²) >= 11 is 0. The Kier molecular flexibility index (Phi) is 4.32. The molecule has 0 aliphatic carbocycles. The maximum atomic E-state index is 12.5. The summed E-state index contributed by atoms with van der Waals surface area (Å²) in [4.78, 5) is 27.6. The molecule has 2 heterocycles. The number of fused-ring (bicyclic) bond motifs is 2. The Hall–Kier alpha value is -3.28. The largest absolute Gasteiger partial charge is 0.454 e. The lowest BCUT2D eigenvalue weighted by atomic mass is 10.0. The van der Waals surface area contributed by atoms with Gasteiger partial charge in [-0.15, -0.1) is 0 Å². The number of benzene rings is 2. The number of aromatic nitrogens is 1. The minimum atomic E-state index is -0.380. The SMILES string of the molecule is Cc1cc(C)c2[nH]c(=O)c(C(=O)NCCc3ccc4c(c3)OCO4)cc2c1. The van der Waals surface area contributed by atoms with Gasteiger partial charge < -0.3 is 19.8 Å². The van der Waals surface area contributed by atoms with Gasteiger partial charge in [-0.3, -0.25) is 9.59 Å². The summed E-state index contributed by atoms with van der Waals surface area (Å²) in [5, 5.41) is 3.67. The van der Waals surface area contributed by atoms with Crippen molar-refractivity contribution in [3.8, 4) is 11.5 Å². The van der Waals surface area contributed by atoms with Gasteiger partial charge in [0.25, 0.3) is 11.5 Å². The van der Waals surface area contributed by atoms with Gasteiger partial charge in [-0.25, -0.2) is 0 Å². The number of ether oxygens (including phenoxy) is 2. The number of aromatic amines is 1. The molecule has 1 aromatic heterocycles. The summed E-state index contributed by atoms with van der Waals surface area (Å²) in [6.45, 7) is 4.58. The van der Waals surface area contributed by atoms with Gasteiger partial charge in [0.1, 0.15) is 5.56 Å². The van der Waals surface area contributed by atoms with E-state index in [4.69, 9.17) is 9.47 Å². The number of aryl methyl sites for hydroxylation is 2. The molecule has 138 valence electrons. The van der Waals surface area contributed by atoms with Crippen LogP contribution in [0.25, 0.3) is 10.9 Å². The molecule has 0 atom stereocenters. The molecule has 0 radical (unpaired) electrons. The molecule has 27 heavy (non-hydrogen) atoms. The second-order valence-electron chi connectivity index (χ2n) is 6.75. The Bertz CT molecular complexity index is 1100. The molecule has 0 unspecified atom stereocenters. The van der Waals surface area contributed by atoms with E-state index in [1.165, 1.54) is 0 Å². The van der Waals surface area contributed by atoms with Crippen molar-refractivity contribution in [2.45, 2.75) is 20.3 Å². The third kappa shape index (κ3) is 3.38. The van der Waals surface area contributed by atoms with Crippen LogP contribution in [0.5, 0.6) is 11.5 Å². The molecular formula is C21H20N2O4. The van der Waals surface area contributed by atoms with Crippen molar-refractivity contribution in [1.82, 2.24) is 10.3 Å². The minimum absolute atomic E-state index is 0.123. The Morgan fingerprint density at radius 1 is 1.11 bits per heavy atom. The summed E-state index contributed by atoms with van der Waals surface area (Å²) in [6, 6.07) is 11.3. The molecule has 0 saturated heterocycles. The number of nitrogens with one attached hydrogen (secondary N) is 2. The number of H-pyrrole nitrogens is 1. The molecule has 6 heteroatoms. The Labute approximate surface area is 156 Å². The van der Waals surface area contributed by atoms with Gasteiger partial charge in [0.2, 0.25) is 6.79 Å². The van der Waals surface area contributed by atoms with Gasteiger partial charge in [0.05, 0.1) is 5.52 Å². The van der Waals surface area contributed by atoms with E-state index < -0.39 is 0 Å². The molecule has 1 amide bonds. The van der Waals surface area contributed by atoms with Crippen LogP contribution >= 0.6 is 0 Å². The second-order valence-corrected chi connectivity index (χ2v) is 6.75. The minimum Gasteiger partial charge on any atom is -0.454 e. The van der Waals surface area contributed by atoms with Gasteiger partial charge in [-0.05, 0) is 61.0 Å². The highest BCUT2D eigenvalue weighted by molar-refractivity contribution is 5.97. The smallest absolute Gasteiger partial charge is 0.261 e. The van der Waals surface area contributed by atoms with E-state index in [0.717, 1.165) is 39.1 Å². The molecule has 2 N–H and O–H groups in total. The van der Waals surface area contributed by atoms with Crippen LogP contribution in [0.2, 0.25) is 0 Å². The molecule has 1 aliphatic rings. The Morgan fingerprint density at radius 3 is 2.78 bits per heavy atom. The maximum absolute atomic E-state index is 12.5. The lowest BCUT2D eigenvalue weighted by Gasteiger charge is -2.08. The Balaban J connectivity index is 1.48. The van der Waals surface area contributed by atoms with Crippen LogP contribution in [0.15, 0.2) is 41.2 Å². The van der Waals surface area contributed by atoms with Gasteiger partial charge in [0, 0.05) is 6.54 Å². The molecule has 1 aliphatic heterocycles. The van der Waals surface area contributed by atoms with E-state index in [9.17, 15) is 9.59 Å². The van der Waals surface area contributed by atoms with Gasteiger partial charge >= 0.3 is 0 Å². The molecule has 0 fully saturated rings. The van der Waals surface area contributed by atoms with Gasteiger partial charge in [0.15, 0.2) is 11.5 Å². The quantitative estimate of drug-likeness (QED) is 0.746. The van der Waals surface area contributed by atoms with Crippen molar-refractivity contribution in [2.24, 2.45) is 0 Å². The van der Waals surface area contributed by atoms with Crippen LogP contribution in [-0.2, 0) is 6.42 Å². The van der Waals surface area contributed by atoms with Crippen LogP contribution < -0.4 is 20.3 Å². The molecule has 3 aromatic rings. The van der Waals surface area contributed by atoms with Crippen LogP contribution in [0, 0.1) is 13.8 Å². The Morgan fingerprint density at radius 2 is 1.93 bits per heavy atom. The van der Waals surface area contributed by atoms with Gasteiger partial charge in [-0.2, -0.15) is 0 Å². The molecule has 0 saturated carbocycles.